The van der Waals surface area contributed by atoms with Gasteiger partial charge in [-0.1, -0.05) is 6.07 Å². The number of phenols is 1. The maximum atomic E-state index is 10.2. The number of hydrogen-bond donors (Lipinski definition) is 5. The van der Waals surface area contributed by atoms with Crippen LogP contribution >= 0.6 is 0 Å². The van der Waals surface area contributed by atoms with Crippen molar-refractivity contribution in [3.63, 3.8) is 0 Å². The molecule has 2 aliphatic rings. The maximum Gasteiger partial charge on any atom is 0.229 e. The van der Waals surface area contributed by atoms with Crippen LogP contribution in [-0.2, 0) is 17.6 Å². The Labute approximate surface area is 167 Å². The fourth-order valence-electron chi connectivity index (χ4n) is 3.98. The second kappa shape index (κ2) is 7.81. The Kier molecular flexibility index (Phi) is 5.37. The predicted octanol–water partition coefficient (Wildman–Crippen LogP) is 0.345. The topological polar surface area (TPSA) is 129 Å². The van der Waals surface area contributed by atoms with E-state index in [9.17, 15) is 25.5 Å². The summed E-state index contributed by atoms with van der Waals surface area (Å²) in [5, 5.41) is 49.1. The SMILES string of the molecule is COc1cc(OC2OC(CO)C(O)C(O)C2O)cc2c1-c1ccc(O)cc1CC2. The van der Waals surface area contributed by atoms with Crippen molar-refractivity contribution in [2.24, 2.45) is 0 Å². The number of benzene rings is 2. The van der Waals surface area contributed by atoms with E-state index in [2.05, 4.69) is 0 Å². The summed E-state index contributed by atoms with van der Waals surface area (Å²) in [5.74, 6) is 1.15. The number of ether oxygens (including phenoxy) is 3. The smallest absolute Gasteiger partial charge is 0.229 e. The van der Waals surface area contributed by atoms with Crippen molar-refractivity contribution in [2.75, 3.05) is 13.7 Å². The molecule has 156 valence electrons. The fraction of sp³-hybridized carbons (Fsp3) is 0.429. The summed E-state index contributed by atoms with van der Waals surface area (Å²) in [5.41, 5.74) is 3.88. The standard InChI is InChI=1S/C21H24O8/c1-27-15-8-13(28-21-20(26)19(25)18(24)16(9-22)29-21)7-11-3-2-10-6-12(23)4-5-14(10)17(11)15/h4-8,16,18-26H,2-3,9H2,1H3. The third-order valence-electron chi connectivity index (χ3n) is 5.50. The summed E-state index contributed by atoms with van der Waals surface area (Å²) < 4.78 is 16.7. The van der Waals surface area contributed by atoms with E-state index in [0.29, 0.717) is 17.9 Å². The first-order valence-corrected chi connectivity index (χ1v) is 9.43. The molecule has 5 N–H and O–H groups in total. The van der Waals surface area contributed by atoms with Crippen LogP contribution in [0.3, 0.4) is 0 Å². The van der Waals surface area contributed by atoms with Crippen LogP contribution in [0.15, 0.2) is 30.3 Å². The minimum atomic E-state index is -1.51. The van der Waals surface area contributed by atoms with E-state index < -0.39 is 37.3 Å². The molecule has 1 saturated heterocycles. The van der Waals surface area contributed by atoms with Crippen molar-refractivity contribution in [1.29, 1.82) is 0 Å². The van der Waals surface area contributed by atoms with E-state index in [1.54, 1.807) is 25.3 Å². The average Bonchev–Trinajstić information content (AvgIpc) is 2.73. The summed E-state index contributed by atoms with van der Waals surface area (Å²) >= 11 is 0. The Hall–Kier alpha value is -2.36. The highest BCUT2D eigenvalue weighted by atomic mass is 16.7. The van der Waals surface area contributed by atoms with Crippen LogP contribution in [-0.4, -0.2) is 70.0 Å². The first-order valence-electron chi connectivity index (χ1n) is 9.43. The van der Waals surface area contributed by atoms with Gasteiger partial charge in [0.05, 0.1) is 13.7 Å². The number of aryl methyl sites for hydroxylation is 2. The number of phenolic OH excluding ortho intramolecular Hbond substituents is 1. The molecule has 8 nitrogen and oxygen atoms in total. The molecule has 1 aliphatic heterocycles. The van der Waals surface area contributed by atoms with Crippen LogP contribution in [0, 0.1) is 0 Å². The van der Waals surface area contributed by atoms with Crippen LogP contribution in [0.25, 0.3) is 11.1 Å². The summed E-state index contributed by atoms with van der Waals surface area (Å²) in [4.78, 5) is 0. The molecule has 8 heteroatoms. The highest BCUT2D eigenvalue weighted by Crippen LogP contribution is 2.43. The molecule has 0 saturated carbocycles. The normalized spacial score (nSPS) is 28.4. The molecule has 5 unspecified atom stereocenters. The van der Waals surface area contributed by atoms with Crippen molar-refractivity contribution < 1.29 is 39.7 Å². The van der Waals surface area contributed by atoms with Gasteiger partial charge in [0.25, 0.3) is 0 Å². The number of rotatable bonds is 4. The van der Waals surface area contributed by atoms with Gasteiger partial charge in [-0.3, -0.25) is 0 Å². The molecular weight excluding hydrogens is 380 g/mol. The fourth-order valence-corrected chi connectivity index (χ4v) is 3.98. The highest BCUT2D eigenvalue weighted by molar-refractivity contribution is 5.80. The van der Waals surface area contributed by atoms with Gasteiger partial charge in [-0.2, -0.15) is 0 Å². The van der Waals surface area contributed by atoms with Crippen LogP contribution in [0.4, 0.5) is 0 Å². The van der Waals surface area contributed by atoms with Gasteiger partial charge in [0.15, 0.2) is 0 Å². The molecule has 4 rings (SSSR count). The predicted molar refractivity (Wildman–Crippen MR) is 102 cm³/mol. The molecule has 29 heavy (non-hydrogen) atoms. The summed E-state index contributed by atoms with van der Waals surface area (Å²) in [6, 6.07) is 8.70. The molecule has 5 atom stereocenters. The van der Waals surface area contributed by atoms with Crippen molar-refractivity contribution in [3.05, 3.63) is 41.5 Å². The van der Waals surface area contributed by atoms with Crippen molar-refractivity contribution >= 4 is 0 Å². The molecular formula is C21H24O8. The first-order chi connectivity index (χ1) is 13.9. The van der Waals surface area contributed by atoms with Gasteiger partial charge in [-0.15, -0.1) is 0 Å². The number of aliphatic hydroxyl groups is 4. The summed E-state index contributed by atoms with van der Waals surface area (Å²) in [6.07, 6.45) is -5.31. The first kappa shape index (κ1) is 19.9. The maximum absolute atomic E-state index is 10.2. The second-order valence-corrected chi connectivity index (χ2v) is 7.32. The number of aromatic hydroxyl groups is 1. The monoisotopic (exact) mass is 404 g/mol. The number of fused-ring (bicyclic) bond motifs is 3. The average molecular weight is 404 g/mol. The lowest BCUT2D eigenvalue weighted by atomic mass is 9.84. The van der Waals surface area contributed by atoms with E-state index in [1.165, 1.54) is 0 Å². The molecule has 2 aromatic rings. The lowest BCUT2D eigenvalue weighted by Crippen LogP contribution is -2.60. The van der Waals surface area contributed by atoms with Gasteiger partial charge in [-0.25, -0.2) is 0 Å². The molecule has 0 bridgehead atoms. The summed E-state index contributed by atoms with van der Waals surface area (Å²) in [6.45, 7) is -0.526. The Morgan fingerprint density at radius 3 is 2.48 bits per heavy atom. The second-order valence-electron chi connectivity index (χ2n) is 7.32. The highest BCUT2D eigenvalue weighted by Gasteiger charge is 2.44. The Morgan fingerprint density at radius 1 is 1.00 bits per heavy atom. The van der Waals surface area contributed by atoms with Crippen molar-refractivity contribution in [3.8, 4) is 28.4 Å². The van der Waals surface area contributed by atoms with Crippen molar-refractivity contribution in [1.82, 2.24) is 0 Å². The van der Waals surface area contributed by atoms with Gasteiger partial charge in [0.2, 0.25) is 6.29 Å². The van der Waals surface area contributed by atoms with Crippen LogP contribution in [0.2, 0.25) is 0 Å². The number of methoxy groups -OCH3 is 1. The van der Waals surface area contributed by atoms with Gasteiger partial charge >= 0.3 is 0 Å². The van der Waals surface area contributed by atoms with Gasteiger partial charge in [-0.05, 0) is 47.7 Å². The third kappa shape index (κ3) is 3.54. The van der Waals surface area contributed by atoms with Gasteiger partial charge < -0.3 is 39.7 Å². The van der Waals surface area contributed by atoms with Crippen molar-refractivity contribution in [2.45, 2.75) is 43.5 Å². The molecule has 0 spiro atoms. The van der Waals surface area contributed by atoms with Crippen LogP contribution in [0.5, 0.6) is 17.2 Å². The lowest BCUT2D eigenvalue weighted by molar-refractivity contribution is -0.277. The van der Waals surface area contributed by atoms with Gasteiger partial charge in [0, 0.05) is 11.6 Å². The number of hydrogen-bond acceptors (Lipinski definition) is 8. The van der Waals surface area contributed by atoms with E-state index in [0.717, 1.165) is 28.7 Å². The molecule has 1 fully saturated rings. The van der Waals surface area contributed by atoms with E-state index >= 15 is 0 Å². The molecule has 1 heterocycles. The van der Waals surface area contributed by atoms with E-state index in [4.69, 9.17) is 14.2 Å². The molecule has 0 amide bonds. The Bertz CT molecular complexity index is 879. The minimum Gasteiger partial charge on any atom is -0.508 e. The van der Waals surface area contributed by atoms with E-state index in [1.807, 2.05) is 12.1 Å². The lowest BCUT2D eigenvalue weighted by Gasteiger charge is -2.39. The van der Waals surface area contributed by atoms with E-state index in [-0.39, 0.29) is 5.75 Å². The summed E-state index contributed by atoms with van der Waals surface area (Å²) in [7, 11) is 1.54. The molecule has 0 radical (unpaired) electrons. The van der Waals surface area contributed by atoms with Crippen LogP contribution < -0.4 is 9.47 Å². The minimum absolute atomic E-state index is 0.216. The molecule has 0 aromatic heterocycles. The zero-order valence-electron chi connectivity index (χ0n) is 15.9. The van der Waals surface area contributed by atoms with Crippen LogP contribution in [0.1, 0.15) is 11.1 Å². The van der Waals surface area contributed by atoms with Gasteiger partial charge in [0.1, 0.15) is 41.7 Å². The molecule has 1 aliphatic carbocycles. The zero-order valence-corrected chi connectivity index (χ0v) is 15.9. The molecule has 2 aromatic carbocycles. The largest absolute Gasteiger partial charge is 0.508 e. The Morgan fingerprint density at radius 2 is 1.76 bits per heavy atom. The number of aliphatic hydroxyl groups excluding tert-OH is 4. The Balaban J connectivity index is 1.66. The quantitative estimate of drug-likeness (QED) is 0.494. The third-order valence-corrected chi connectivity index (χ3v) is 5.50. The zero-order chi connectivity index (χ0) is 20.7.